The number of anilines is 2. The van der Waals surface area contributed by atoms with Gasteiger partial charge in [0.25, 0.3) is 0 Å². The van der Waals surface area contributed by atoms with Gasteiger partial charge >= 0.3 is 0 Å². The van der Waals surface area contributed by atoms with Crippen LogP contribution in [-0.2, 0) is 6.54 Å². The highest BCUT2D eigenvalue weighted by atomic mass is 16.7. The van der Waals surface area contributed by atoms with E-state index in [0.29, 0.717) is 19.0 Å². The second kappa shape index (κ2) is 7.41. The van der Waals surface area contributed by atoms with Gasteiger partial charge in [0.05, 0.1) is 12.3 Å². The lowest BCUT2D eigenvalue weighted by atomic mass is 10.1. The molecule has 1 aromatic heterocycles. The maximum absolute atomic E-state index is 5.89. The van der Waals surface area contributed by atoms with Crippen LogP contribution in [0, 0.1) is 0 Å². The van der Waals surface area contributed by atoms with Crippen molar-refractivity contribution in [2.24, 2.45) is 0 Å². The fourth-order valence-electron chi connectivity index (χ4n) is 2.84. The van der Waals surface area contributed by atoms with Crippen LogP contribution in [0.2, 0.25) is 0 Å². The monoisotopic (exact) mass is 364 g/mol. The molecule has 0 saturated carbocycles. The molecule has 0 saturated heterocycles. The van der Waals surface area contributed by atoms with E-state index in [1.165, 1.54) is 0 Å². The van der Waals surface area contributed by atoms with Gasteiger partial charge in [0.2, 0.25) is 12.7 Å². The summed E-state index contributed by atoms with van der Waals surface area (Å²) in [5, 5.41) is 3.28. The molecule has 3 N–H and O–H groups in total. The lowest BCUT2D eigenvalue weighted by molar-refractivity contribution is 0.174. The van der Waals surface area contributed by atoms with Crippen molar-refractivity contribution in [3.8, 4) is 28.5 Å². The lowest BCUT2D eigenvalue weighted by Crippen LogP contribution is -2.05. The second-order valence-electron chi connectivity index (χ2n) is 6.00. The van der Waals surface area contributed by atoms with Crippen LogP contribution < -0.4 is 25.3 Å². The van der Waals surface area contributed by atoms with E-state index in [0.717, 1.165) is 34.1 Å². The summed E-state index contributed by atoms with van der Waals surface area (Å²) in [5.74, 6) is 3.22. The summed E-state index contributed by atoms with van der Waals surface area (Å²) in [6.45, 7) is 3.43. The highest BCUT2D eigenvalue weighted by Gasteiger charge is 2.13. The molecule has 0 bridgehead atoms. The van der Waals surface area contributed by atoms with Crippen molar-refractivity contribution in [3.05, 3.63) is 54.1 Å². The summed E-state index contributed by atoms with van der Waals surface area (Å²) < 4.78 is 16.2. The van der Waals surface area contributed by atoms with Gasteiger partial charge in [-0.25, -0.2) is 4.98 Å². The molecule has 0 aliphatic carbocycles. The molecule has 2 aromatic carbocycles. The van der Waals surface area contributed by atoms with Crippen molar-refractivity contribution in [3.63, 3.8) is 0 Å². The van der Waals surface area contributed by atoms with Gasteiger partial charge in [-0.15, -0.1) is 0 Å². The Morgan fingerprint density at radius 1 is 1.04 bits per heavy atom. The summed E-state index contributed by atoms with van der Waals surface area (Å²) >= 11 is 0. The van der Waals surface area contributed by atoms with Crippen LogP contribution in [0.5, 0.6) is 17.2 Å². The molecule has 0 radical (unpaired) electrons. The third-order valence-corrected chi connectivity index (χ3v) is 4.12. The highest BCUT2D eigenvalue weighted by Crippen LogP contribution is 2.32. The molecule has 138 valence electrons. The third-order valence-electron chi connectivity index (χ3n) is 4.12. The van der Waals surface area contributed by atoms with E-state index in [1.54, 1.807) is 0 Å². The molecule has 0 atom stereocenters. The van der Waals surface area contributed by atoms with Gasteiger partial charge in [0.1, 0.15) is 11.6 Å². The summed E-state index contributed by atoms with van der Waals surface area (Å²) in [7, 11) is 0. The molecule has 0 amide bonds. The van der Waals surface area contributed by atoms with Gasteiger partial charge < -0.3 is 25.3 Å². The van der Waals surface area contributed by atoms with Crippen LogP contribution in [0.25, 0.3) is 11.3 Å². The number of aromatic nitrogens is 2. The molecule has 7 heteroatoms. The minimum atomic E-state index is 0.217. The molecular weight excluding hydrogens is 344 g/mol. The van der Waals surface area contributed by atoms with Gasteiger partial charge in [-0.3, -0.25) is 0 Å². The van der Waals surface area contributed by atoms with E-state index in [4.69, 9.17) is 19.9 Å². The van der Waals surface area contributed by atoms with E-state index in [-0.39, 0.29) is 12.7 Å². The minimum absolute atomic E-state index is 0.217. The quantitative estimate of drug-likeness (QED) is 0.692. The first-order valence-electron chi connectivity index (χ1n) is 8.71. The fourth-order valence-corrected chi connectivity index (χ4v) is 2.84. The van der Waals surface area contributed by atoms with Gasteiger partial charge in [-0.1, -0.05) is 6.07 Å². The molecule has 1 aliphatic heterocycles. The molecule has 0 unspecified atom stereocenters. The van der Waals surface area contributed by atoms with Crippen molar-refractivity contribution in [2.75, 3.05) is 24.5 Å². The van der Waals surface area contributed by atoms with Crippen molar-refractivity contribution in [1.82, 2.24) is 9.97 Å². The lowest BCUT2D eigenvalue weighted by Gasteiger charge is -2.10. The largest absolute Gasteiger partial charge is 0.494 e. The summed E-state index contributed by atoms with van der Waals surface area (Å²) in [6, 6.07) is 15.4. The first-order chi connectivity index (χ1) is 13.2. The summed E-state index contributed by atoms with van der Waals surface area (Å²) in [5.41, 5.74) is 8.64. The number of nitrogens with zero attached hydrogens (tertiary/aromatic N) is 2. The molecule has 0 fully saturated rings. The average molecular weight is 364 g/mol. The molecule has 2 heterocycles. The van der Waals surface area contributed by atoms with E-state index < -0.39 is 0 Å². The maximum atomic E-state index is 5.89. The first-order valence-corrected chi connectivity index (χ1v) is 8.71. The van der Waals surface area contributed by atoms with E-state index in [1.807, 2.05) is 55.5 Å². The molecule has 0 spiro atoms. The van der Waals surface area contributed by atoms with Crippen LogP contribution >= 0.6 is 0 Å². The predicted octanol–water partition coefficient (Wildman–Crippen LogP) is 3.47. The van der Waals surface area contributed by atoms with Crippen LogP contribution in [-0.4, -0.2) is 23.4 Å². The molecular formula is C20H20N4O3. The number of ether oxygens (including phenoxy) is 3. The Morgan fingerprint density at radius 2 is 1.85 bits per heavy atom. The van der Waals surface area contributed by atoms with Gasteiger partial charge in [-0.05, 0) is 48.9 Å². The number of nitrogens with two attached hydrogens (primary N) is 1. The van der Waals surface area contributed by atoms with Gasteiger partial charge in [-0.2, -0.15) is 4.98 Å². The number of nitrogens with one attached hydrogen (secondary N) is 1. The van der Waals surface area contributed by atoms with Crippen LogP contribution in [0.15, 0.2) is 48.5 Å². The standard InChI is InChI=1S/C20H20N4O3/c1-2-25-15-6-4-14(5-7-15)16-10-19(24-20(21)23-16)22-11-13-3-8-17-18(9-13)27-12-26-17/h3-10H,2,11-12H2,1H3,(H3,21,22,23,24). The van der Waals surface area contributed by atoms with Gasteiger partial charge in [0.15, 0.2) is 11.5 Å². The van der Waals surface area contributed by atoms with Crippen molar-refractivity contribution in [1.29, 1.82) is 0 Å². The minimum Gasteiger partial charge on any atom is -0.494 e. The van der Waals surface area contributed by atoms with E-state index in [9.17, 15) is 0 Å². The number of hydrogen-bond donors (Lipinski definition) is 2. The van der Waals surface area contributed by atoms with Crippen molar-refractivity contribution in [2.45, 2.75) is 13.5 Å². The Morgan fingerprint density at radius 3 is 2.67 bits per heavy atom. The van der Waals surface area contributed by atoms with E-state index in [2.05, 4.69) is 15.3 Å². The third kappa shape index (κ3) is 3.87. The van der Waals surface area contributed by atoms with Crippen molar-refractivity contribution < 1.29 is 14.2 Å². The van der Waals surface area contributed by atoms with Crippen LogP contribution in [0.3, 0.4) is 0 Å². The Hall–Kier alpha value is -3.48. The van der Waals surface area contributed by atoms with Gasteiger partial charge in [0, 0.05) is 18.2 Å². The summed E-state index contributed by atoms with van der Waals surface area (Å²) in [6.07, 6.45) is 0. The molecule has 7 nitrogen and oxygen atoms in total. The number of nitrogen functional groups attached to an aromatic ring is 1. The topological polar surface area (TPSA) is 91.5 Å². The van der Waals surface area contributed by atoms with Crippen LogP contribution in [0.4, 0.5) is 11.8 Å². The Bertz CT molecular complexity index is 944. The number of hydrogen-bond acceptors (Lipinski definition) is 7. The second-order valence-corrected chi connectivity index (χ2v) is 6.00. The fraction of sp³-hybridized carbons (Fsp3) is 0.200. The SMILES string of the molecule is CCOc1ccc(-c2cc(NCc3ccc4c(c3)OCO4)nc(N)n2)cc1. The Kier molecular flexibility index (Phi) is 4.65. The Labute approximate surface area is 157 Å². The van der Waals surface area contributed by atoms with Crippen molar-refractivity contribution >= 4 is 11.8 Å². The normalized spacial score (nSPS) is 12.0. The molecule has 3 aromatic rings. The first kappa shape index (κ1) is 17.0. The van der Waals surface area contributed by atoms with Crippen LogP contribution in [0.1, 0.15) is 12.5 Å². The van der Waals surface area contributed by atoms with E-state index >= 15 is 0 Å². The predicted molar refractivity (Wildman–Crippen MR) is 103 cm³/mol. The zero-order valence-corrected chi connectivity index (χ0v) is 14.9. The zero-order chi connectivity index (χ0) is 18.6. The molecule has 27 heavy (non-hydrogen) atoms. The zero-order valence-electron chi connectivity index (χ0n) is 14.9. The molecule has 1 aliphatic rings. The molecule has 4 rings (SSSR count). The summed E-state index contributed by atoms with van der Waals surface area (Å²) in [4.78, 5) is 8.60. The maximum Gasteiger partial charge on any atom is 0.231 e. The number of rotatable bonds is 6. The highest BCUT2D eigenvalue weighted by molar-refractivity contribution is 5.64. The Balaban J connectivity index is 1.50. The smallest absolute Gasteiger partial charge is 0.231 e. The number of benzene rings is 2. The average Bonchev–Trinajstić information content (AvgIpc) is 3.15. The number of fused-ring (bicyclic) bond motifs is 1.